The first-order chi connectivity index (χ1) is 11.8. The molecule has 0 fully saturated rings. The average Bonchev–Trinajstić information content (AvgIpc) is 2.54. The molecule has 0 aromatic carbocycles. The van der Waals surface area contributed by atoms with Gasteiger partial charge in [0.15, 0.2) is 5.25 Å². The smallest absolute Gasteiger partial charge is 0.327 e. The van der Waals surface area contributed by atoms with Crippen molar-refractivity contribution in [2.45, 2.75) is 70.0 Å². The van der Waals surface area contributed by atoms with E-state index in [0.717, 1.165) is 19.3 Å². The van der Waals surface area contributed by atoms with Gasteiger partial charge >= 0.3 is 11.9 Å². The third-order valence-corrected chi connectivity index (χ3v) is 4.63. The monoisotopic (exact) mass is 378 g/mol. The molecule has 1 unspecified atom stereocenters. The van der Waals surface area contributed by atoms with Gasteiger partial charge in [-0.1, -0.05) is 51.5 Å². The summed E-state index contributed by atoms with van der Waals surface area (Å²) in [6, 6.07) is 0. The first kappa shape index (κ1) is 23.6. The largest absolute Gasteiger partial charge is 0.465 e. The molecule has 0 rings (SSSR count). The van der Waals surface area contributed by atoms with E-state index in [9.17, 15) is 18.0 Å². The van der Waals surface area contributed by atoms with E-state index in [-0.39, 0.29) is 13.2 Å². The van der Waals surface area contributed by atoms with Crippen LogP contribution in [0.15, 0.2) is 12.7 Å². The maximum Gasteiger partial charge on any atom is 0.327 e. The number of ether oxygens (including phenoxy) is 2. The van der Waals surface area contributed by atoms with E-state index < -0.39 is 33.7 Å². The normalized spacial score (nSPS) is 12.4. The molecule has 0 aromatic heterocycles. The van der Waals surface area contributed by atoms with Crippen LogP contribution < -0.4 is 0 Å². The van der Waals surface area contributed by atoms with Crippen molar-refractivity contribution in [2.24, 2.45) is 0 Å². The lowest BCUT2D eigenvalue weighted by atomic mass is 10.1. The average molecular weight is 378 g/mol. The predicted octanol–water partition coefficient (Wildman–Crippen LogP) is 3.05. The Bertz CT molecular complexity index is 499. The number of hydrogen-bond acceptors (Lipinski definition) is 6. The van der Waals surface area contributed by atoms with Crippen LogP contribution in [0.25, 0.3) is 0 Å². The summed E-state index contributed by atoms with van der Waals surface area (Å²) in [6.45, 7) is 5.69. The van der Waals surface area contributed by atoms with Gasteiger partial charge in [-0.3, -0.25) is 14.1 Å². The lowest BCUT2D eigenvalue weighted by Gasteiger charge is -2.13. The predicted molar refractivity (Wildman–Crippen MR) is 94.7 cm³/mol. The highest BCUT2D eigenvalue weighted by Gasteiger charge is 2.35. The molecular weight excluding hydrogens is 348 g/mol. The highest BCUT2D eigenvalue weighted by Crippen LogP contribution is 2.11. The molecule has 0 aliphatic heterocycles. The van der Waals surface area contributed by atoms with Gasteiger partial charge in [0.25, 0.3) is 10.1 Å². The lowest BCUT2D eigenvalue weighted by molar-refractivity contribution is -0.150. The van der Waals surface area contributed by atoms with Crippen molar-refractivity contribution in [2.75, 3.05) is 13.2 Å². The molecule has 0 aliphatic carbocycles. The second-order valence-corrected chi connectivity index (χ2v) is 7.39. The van der Waals surface area contributed by atoms with Gasteiger partial charge in [-0.05, 0) is 12.8 Å². The third-order valence-electron chi connectivity index (χ3n) is 3.55. The molecule has 1 atom stereocenters. The zero-order valence-electron chi connectivity index (χ0n) is 14.9. The molecule has 0 aromatic rings. The Balaban J connectivity index is 4.20. The van der Waals surface area contributed by atoms with E-state index >= 15 is 0 Å². The lowest BCUT2D eigenvalue weighted by Crippen LogP contribution is -2.34. The molecule has 0 bridgehead atoms. The quantitative estimate of drug-likeness (QED) is 0.202. The Morgan fingerprint density at radius 1 is 1.04 bits per heavy atom. The van der Waals surface area contributed by atoms with Crippen molar-refractivity contribution in [1.29, 1.82) is 0 Å². The van der Waals surface area contributed by atoms with Crippen LogP contribution >= 0.6 is 0 Å². The summed E-state index contributed by atoms with van der Waals surface area (Å²) < 4.78 is 41.4. The highest BCUT2D eigenvalue weighted by atomic mass is 32.2. The van der Waals surface area contributed by atoms with E-state index in [1.807, 2.05) is 0 Å². The van der Waals surface area contributed by atoms with Crippen LogP contribution in [-0.4, -0.2) is 43.4 Å². The number of rotatable bonds is 15. The van der Waals surface area contributed by atoms with Crippen molar-refractivity contribution in [3.8, 4) is 0 Å². The number of hydrogen-bond donors (Lipinski definition) is 1. The summed E-state index contributed by atoms with van der Waals surface area (Å²) in [6.07, 6.45) is 8.34. The Morgan fingerprint density at radius 2 is 1.64 bits per heavy atom. The van der Waals surface area contributed by atoms with Gasteiger partial charge in [-0.15, -0.1) is 6.58 Å². The maximum atomic E-state index is 11.8. The summed E-state index contributed by atoms with van der Waals surface area (Å²) in [5, 5.41) is -1.95. The summed E-state index contributed by atoms with van der Waals surface area (Å²) in [7, 11) is -4.74. The van der Waals surface area contributed by atoms with Gasteiger partial charge in [-0.2, -0.15) is 8.42 Å². The Labute approximate surface area is 150 Å². The van der Waals surface area contributed by atoms with Gasteiger partial charge in [-0.25, -0.2) is 0 Å². The molecule has 0 aliphatic rings. The van der Waals surface area contributed by atoms with E-state index in [1.54, 1.807) is 0 Å². The van der Waals surface area contributed by atoms with Crippen molar-refractivity contribution < 1.29 is 32.0 Å². The van der Waals surface area contributed by atoms with E-state index in [2.05, 4.69) is 13.5 Å². The molecule has 25 heavy (non-hydrogen) atoms. The van der Waals surface area contributed by atoms with Crippen LogP contribution in [0.2, 0.25) is 0 Å². The van der Waals surface area contributed by atoms with Crippen LogP contribution in [0.5, 0.6) is 0 Å². The third kappa shape index (κ3) is 12.6. The highest BCUT2D eigenvalue weighted by molar-refractivity contribution is 7.87. The van der Waals surface area contributed by atoms with Gasteiger partial charge in [0.1, 0.15) is 0 Å². The van der Waals surface area contributed by atoms with Crippen LogP contribution in [0, 0.1) is 0 Å². The van der Waals surface area contributed by atoms with Crippen LogP contribution in [0.1, 0.15) is 64.7 Å². The minimum Gasteiger partial charge on any atom is -0.465 e. The van der Waals surface area contributed by atoms with Gasteiger partial charge in [0.2, 0.25) is 0 Å². The number of carbonyl (C=O) groups excluding carboxylic acids is 2. The topological polar surface area (TPSA) is 107 Å². The standard InChI is InChI=1S/C17H30O7S/c1-3-5-7-8-9-10-11-13-24-17(19)15(25(20,21)22)14-16(18)23-12-6-4-2/h4,15H,2-3,5-14H2,1H3,(H,20,21,22). The molecule has 0 amide bonds. The van der Waals surface area contributed by atoms with Crippen LogP contribution in [0.3, 0.4) is 0 Å². The fourth-order valence-corrected chi connectivity index (χ4v) is 2.76. The Hall–Kier alpha value is -1.41. The molecule has 0 heterocycles. The Morgan fingerprint density at radius 3 is 2.20 bits per heavy atom. The molecular formula is C17H30O7S. The zero-order chi connectivity index (χ0) is 19.1. The zero-order valence-corrected chi connectivity index (χ0v) is 15.8. The number of carbonyl (C=O) groups is 2. The minimum atomic E-state index is -4.74. The summed E-state index contributed by atoms with van der Waals surface area (Å²) >= 11 is 0. The van der Waals surface area contributed by atoms with Crippen LogP contribution in [0.4, 0.5) is 0 Å². The molecule has 0 radical (unpaired) electrons. The van der Waals surface area contributed by atoms with Gasteiger partial charge in [0.05, 0.1) is 19.6 Å². The molecule has 0 saturated carbocycles. The van der Waals surface area contributed by atoms with E-state index in [1.165, 1.54) is 25.3 Å². The molecule has 1 N–H and O–H groups in total. The van der Waals surface area contributed by atoms with Crippen LogP contribution in [-0.2, 0) is 29.2 Å². The fraction of sp³-hybridized carbons (Fsp3) is 0.765. The minimum absolute atomic E-state index is 0.0353. The van der Waals surface area contributed by atoms with Crippen molar-refractivity contribution in [3.05, 3.63) is 12.7 Å². The number of esters is 2. The van der Waals surface area contributed by atoms with Gasteiger partial charge in [0, 0.05) is 0 Å². The molecule has 0 spiro atoms. The summed E-state index contributed by atoms with van der Waals surface area (Å²) in [5.74, 6) is -2.02. The fourth-order valence-electron chi connectivity index (χ4n) is 2.10. The number of unbranched alkanes of at least 4 members (excludes halogenated alkanes) is 6. The maximum absolute atomic E-state index is 11.8. The van der Waals surface area contributed by atoms with E-state index in [0.29, 0.717) is 12.8 Å². The molecule has 8 heteroatoms. The van der Waals surface area contributed by atoms with Crippen molar-refractivity contribution in [3.63, 3.8) is 0 Å². The van der Waals surface area contributed by atoms with Crippen molar-refractivity contribution in [1.82, 2.24) is 0 Å². The van der Waals surface area contributed by atoms with Crippen molar-refractivity contribution >= 4 is 22.1 Å². The second-order valence-electron chi connectivity index (χ2n) is 5.79. The molecule has 146 valence electrons. The summed E-state index contributed by atoms with van der Waals surface area (Å²) in [5.41, 5.74) is 0. The van der Waals surface area contributed by atoms with E-state index in [4.69, 9.17) is 14.0 Å². The first-order valence-corrected chi connectivity index (χ1v) is 10.2. The van der Waals surface area contributed by atoms with Gasteiger partial charge < -0.3 is 9.47 Å². The summed E-state index contributed by atoms with van der Waals surface area (Å²) in [4.78, 5) is 23.4. The SMILES string of the molecule is C=CCCOC(=O)CC(C(=O)OCCCCCCCCC)S(=O)(=O)O. The Kier molecular flexibility index (Phi) is 13.1. The molecule has 7 nitrogen and oxygen atoms in total. The second kappa shape index (κ2) is 13.8. The first-order valence-electron chi connectivity index (χ1n) is 8.72. The molecule has 0 saturated heterocycles.